The van der Waals surface area contributed by atoms with Crippen molar-refractivity contribution < 1.29 is 0 Å². The summed E-state index contributed by atoms with van der Waals surface area (Å²) in [5.41, 5.74) is 3.13. The molecule has 1 heterocycles. The lowest BCUT2D eigenvalue weighted by Crippen LogP contribution is -1.75. The summed E-state index contributed by atoms with van der Waals surface area (Å²) in [6.45, 7) is 7.65. The fourth-order valence-corrected chi connectivity index (χ4v) is 0.989. The molecule has 0 saturated carbocycles. The van der Waals surface area contributed by atoms with Gasteiger partial charge in [0.15, 0.2) is 0 Å². The summed E-state index contributed by atoms with van der Waals surface area (Å²) >= 11 is 0. The molecule has 0 fully saturated rings. The number of hydrogen-bond acceptors (Lipinski definition) is 1. The minimum atomic E-state index is 0.917. The molecule has 2 heteroatoms. The predicted molar refractivity (Wildman–Crippen MR) is 48.1 cm³/mol. The molecule has 1 N–H and O–H groups in total. The van der Waals surface area contributed by atoms with Gasteiger partial charge < -0.3 is 0 Å². The van der Waals surface area contributed by atoms with Gasteiger partial charge in [0.25, 0.3) is 0 Å². The van der Waals surface area contributed by atoms with Crippen molar-refractivity contribution in [1.82, 2.24) is 10.2 Å². The molecule has 0 atom stereocenters. The number of nitrogens with one attached hydrogen (secondary N) is 1. The average Bonchev–Trinajstić information content (AvgIpc) is 2.34. The number of allylic oxidation sites excluding steroid dienone is 1. The predicted octanol–water partition coefficient (Wildman–Crippen LogP) is 2.39. The maximum atomic E-state index is 4.06. The van der Waals surface area contributed by atoms with E-state index in [4.69, 9.17) is 0 Å². The SMILES string of the molecule is C=Cc1n[nH]c(C)c1/C=C\C. The van der Waals surface area contributed by atoms with Gasteiger partial charge in [-0.15, -0.1) is 0 Å². The Morgan fingerprint density at radius 3 is 2.82 bits per heavy atom. The van der Waals surface area contributed by atoms with Gasteiger partial charge in [-0.25, -0.2) is 0 Å². The van der Waals surface area contributed by atoms with Crippen LogP contribution in [0.1, 0.15) is 23.9 Å². The highest BCUT2D eigenvalue weighted by molar-refractivity contribution is 5.63. The van der Waals surface area contributed by atoms with Gasteiger partial charge >= 0.3 is 0 Å². The van der Waals surface area contributed by atoms with Gasteiger partial charge in [0.2, 0.25) is 0 Å². The molecule has 0 aliphatic rings. The number of aromatic amines is 1. The summed E-state index contributed by atoms with van der Waals surface area (Å²) in [6.07, 6.45) is 5.76. The maximum Gasteiger partial charge on any atom is 0.0917 e. The summed E-state index contributed by atoms with van der Waals surface area (Å²) < 4.78 is 0. The molecule has 0 bridgehead atoms. The van der Waals surface area contributed by atoms with Gasteiger partial charge in [0, 0.05) is 11.3 Å². The molecule has 2 nitrogen and oxygen atoms in total. The third-order valence-corrected chi connectivity index (χ3v) is 1.55. The van der Waals surface area contributed by atoms with E-state index in [9.17, 15) is 0 Å². The van der Waals surface area contributed by atoms with Crippen LogP contribution in [-0.4, -0.2) is 10.2 Å². The zero-order chi connectivity index (χ0) is 8.27. The summed E-state index contributed by atoms with van der Waals surface area (Å²) in [4.78, 5) is 0. The van der Waals surface area contributed by atoms with Crippen LogP contribution >= 0.6 is 0 Å². The van der Waals surface area contributed by atoms with Gasteiger partial charge in [-0.1, -0.05) is 18.7 Å². The van der Waals surface area contributed by atoms with E-state index >= 15 is 0 Å². The highest BCUT2D eigenvalue weighted by Gasteiger charge is 2.01. The molecule has 58 valence electrons. The van der Waals surface area contributed by atoms with Crippen LogP contribution in [0, 0.1) is 6.92 Å². The van der Waals surface area contributed by atoms with Crippen molar-refractivity contribution in [2.24, 2.45) is 0 Å². The summed E-state index contributed by atoms with van der Waals surface area (Å²) in [7, 11) is 0. The monoisotopic (exact) mass is 148 g/mol. The zero-order valence-electron chi connectivity index (χ0n) is 6.89. The topological polar surface area (TPSA) is 28.7 Å². The zero-order valence-corrected chi connectivity index (χ0v) is 6.89. The molecule has 0 aromatic carbocycles. The number of rotatable bonds is 2. The average molecular weight is 148 g/mol. The number of H-pyrrole nitrogens is 1. The van der Waals surface area contributed by atoms with Crippen molar-refractivity contribution >= 4 is 12.2 Å². The minimum absolute atomic E-state index is 0.917. The quantitative estimate of drug-likeness (QED) is 0.685. The van der Waals surface area contributed by atoms with E-state index in [1.807, 2.05) is 26.0 Å². The number of nitrogens with zero attached hydrogens (tertiary/aromatic N) is 1. The minimum Gasteiger partial charge on any atom is -0.282 e. The summed E-state index contributed by atoms with van der Waals surface area (Å²) in [5.74, 6) is 0. The molecule has 1 aromatic rings. The summed E-state index contributed by atoms with van der Waals surface area (Å²) in [5, 5.41) is 6.96. The van der Waals surface area contributed by atoms with Gasteiger partial charge in [-0.3, -0.25) is 5.10 Å². The van der Waals surface area contributed by atoms with E-state index in [1.54, 1.807) is 6.08 Å². The second-order valence-electron chi connectivity index (χ2n) is 2.35. The largest absolute Gasteiger partial charge is 0.282 e. The van der Waals surface area contributed by atoms with Crippen LogP contribution in [0.3, 0.4) is 0 Å². The molecule has 0 amide bonds. The van der Waals surface area contributed by atoms with Crippen LogP contribution in [0.25, 0.3) is 12.2 Å². The van der Waals surface area contributed by atoms with E-state index in [2.05, 4.69) is 16.8 Å². The summed E-state index contributed by atoms with van der Waals surface area (Å²) in [6, 6.07) is 0. The second-order valence-corrected chi connectivity index (χ2v) is 2.35. The lowest BCUT2D eigenvalue weighted by atomic mass is 10.2. The Balaban J connectivity index is 3.17. The molecule has 0 saturated heterocycles. The molecular weight excluding hydrogens is 136 g/mol. The Morgan fingerprint density at radius 2 is 2.27 bits per heavy atom. The number of aromatic nitrogens is 2. The van der Waals surface area contributed by atoms with Crippen molar-refractivity contribution in [2.45, 2.75) is 13.8 Å². The first-order valence-corrected chi connectivity index (χ1v) is 3.59. The Kier molecular flexibility index (Phi) is 2.26. The molecule has 0 unspecified atom stereocenters. The third kappa shape index (κ3) is 1.40. The van der Waals surface area contributed by atoms with Crippen LogP contribution in [-0.2, 0) is 0 Å². The maximum absolute atomic E-state index is 4.06. The molecule has 0 spiro atoms. The van der Waals surface area contributed by atoms with Crippen LogP contribution in [0.5, 0.6) is 0 Å². The van der Waals surface area contributed by atoms with Crippen LogP contribution in [0.2, 0.25) is 0 Å². The second kappa shape index (κ2) is 3.19. The molecule has 1 rings (SSSR count). The van der Waals surface area contributed by atoms with E-state index in [0.717, 1.165) is 17.0 Å². The number of aryl methyl sites for hydroxylation is 1. The smallest absolute Gasteiger partial charge is 0.0917 e. The van der Waals surface area contributed by atoms with Gasteiger partial charge in [-0.2, -0.15) is 5.10 Å². The van der Waals surface area contributed by atoms with Crippen molar-refractivity contribution in [1.29, 1.82) is 0 Å². The molecule has 0 radical (unpaired) electrons. The van der Waals surface area contributed by atoms with Crippen molar-refractivity contribution in [2.75, 3.05) is 0 Å². The van der Waals surface area contributed by atoms with E-state index in [-0.39, 0.29) is 0 Å². The van der Waals surface area contributed by atoms with Crippen molar-refractivity contribution in [3.8, 4) is 0 Å². The van der Waals surface area contributed by atoms with Crippen LogP contribution in [0.15, 0.2) is 12.7 Å². The molecule has 0 aliphatic carbocycles. The normalized spacial score (nSPS) is 10.7. The Bertz CT molecular complexity index is 282. The van der Waals surface area contributed by atoms with Crippen LogP contribution < -0.4 is 0 Å². The molecule has 0 aliphatic heterocycles. The standard InChI is InChI=1S/C9H12N2/c1-4-6-8-7(3)10-11-9(8)5-2/h4-6H,2H2,1,3H3,(H,10,11)/b6-4-. The van der Waals surface area contributed by atoms with E-state index in [1.165, 1.54) is 0 Å². The van der Waals surface area contributed by atoms with E-state index in [0.29, 0.717) is 0 Å². The first kappa shape index (κ1) is 7.79. The highest BCUT2D eigenvalue weighted by Crippen LogP contribution is 2.12. The fraction of sp³-hybridized carbons (Fsp3) is 0.222. The van der Waals surface area contributed by atoms with Crippen molar-refractivity contribution in [3.05, 3.63) is 29.6 Å². The fourth-order valence-electron chi connectivity index (χ4n) is 0.989. The first-order valence-electron chi connectivity index (χ1n) is 3.59. The molecule has 1 aromatic heterocycles. The molecular formula is C9H12N2. The Morgan fingerprint density at radius 1 is 1.55 bits per heavy atom. The van der Waals surface area contributed by atoms with Crippen LogP contribution in [0.4, 0.5) is 0 Å². The highest BCUT2D eigenvalue weighted by atomic mass is 15.1. The van der Waals surface area contributed by atoms with Gasteiger partial charge in [0.05, 0.1) is 5.69 Å². The third-order valence-electron chi connectivity index (χ3n) is 1.55. The Hall–Kier alpha value is -1.31. The first-order chi connectivity index (χ1) is 5.29. The lowest BCUT2D eigenvalue weighted by Gasteiger charge is -1.89. The van der Waals surface area contributed by atoms with Gasteiger partial charge in [0.1, 0.15) is 0 Å². The van der Waals surface area contributed by atoms with Gasteiger partial charge in [-0.05, 0) is 19.9 Å². The molecule has 11 heavy (non-hydrogen) atoms. The lowest BCUT2D eigenvalue weighted by molar-refractivity contribution is 1.04. The Labute approximate surface area is 66.6 Å². The van der Waals surface area contributed by atoms with E-state index < -0.39 is 0 Å². The number of hydrogen-bond donors (Lipinski definition) is 1. The van der Waals surface area contributed by atoms with Crippen molar-refractivity contribution in [3.63, 3.8) is 0 Å².